The lowest BCUT2D eigenvalue weighted by Crippen LogP contribution is -2.22. The molecule has 0 saturated heterocycles. The first-order valence-corrected chi connectivity index (χ1v) is 7.79. The molecule has 1 aromatic heterocycles. The van der Waals surface area contributed by atoms with Gasteiger partial charge < -0.3 is 4.74 Å². The summed E-state index contributed by atoms with van der Waals surface area (Å²) in [6, 6.07) is 0. The van der Waals surface area contributed by atoms with Crippen LogP contribution in [0.4, 0.5) is 0 Å². The predicted octanol–water partition coefficient (Wildman–Crippen LogP) is 4.20. The fourth-order valence-electron chi connectivity index (χ4n) is 3.09. The van der Waals surface area contributed by atoms with E-state index < -0.39 is 0 Å². The van der Waals surface area contributed by atoms with Gasteiger partial charge in [-0.05, 0) is 38.5 Å². The summed E-state index contributed by atoms with van der Waals surface area (Å²) in [7, 11) is 1.74. The molecule has 0 aromatic carbocycles. The van der Waals surface area contributed by atoms with Gasteiger partial charge in [-0.25, -0.2) is 0 Å². The molecule has 100 valence electrons. The van der Waals surface area contributed by atoms with Crippen molar-refractivity contribution in [2.75, 3.05) is 12.4 Å². The Kier molecular flexibility index (Phi) is 4.31. The van der Waals surface area contributed by atoms with Crippen LogP contribution >= 0.6 is 15.9 Å². The molecule has 1 saturated carbocycles. The summed E-state index contributed by atoms with van der Waals surface area (Å²) in [5.74, 6) is 1.00. The SMILES string of the molecule is COc1c(C)cnc(CC2(CBr)CCCC2)c1C. The first-order chi connectivity index (χ1) is 8.62. The Balaban J connectivity index is 2.29. The van der Waals surface area contributed by atoms with Crippen LogP contribution in [0, 0.1) is 19.3 Å². The molecule has 18 heavy (non-hydrogen) atoms. The van der Waals surface area contributed by atoms with Crippen molar-refractivity contribution in [2.24, 2.45) is 5.41 Å². The summed E-state index contributed by atoms with van der Waals surface area (Å²) < 4.78 is 5.50. The van der Waals surface area contributed by atoms with E-state index in [0.29, 0.717) is 5.41 Å². The molecule has 0 aliphatic heterocycles. The number of aryl methyl sites for hydroxylation is 1. The molecule has 1 aliphatic carbocycles. The number of halogens is 1. The van der Waals surface area contributed by atoms with Gasteiger partial charge in [0, 0.05) is 28.3 Å². The van der Waals surface area contributed by atoms with Crippen LogP contribution in [0.1, 0.15) is 42.5 Å². The highest BCUT2D eigenvalue weighted by Gasteiger charge is 2.34. The van der Waals surface area contributed by atoms with Gasteiger partial charge in [0.25, 0.3) is 0 Å². The first-order valence-electron chi connectivity index (χ1n) is 6.67. The Labute approximate surface area is 118 Å². The number of hydrogen-bond acceptors (Lipinski definition) is 2. The van der Waals surface area contributed by atoms with Gasteiger partial charge >= 0.3 is 0 Å². The lowest BCUT2D eigenvalue weighted by molar-refractivity contribution is 0.340. The molecular weight excluding hydrogens is 290 g/mol. The Bertz CT molecular complexity index is 425. The molecule has 1 aromatic rings. The van der Waals surface area contributed by atoms with Gasteiger partial charge in [0.1, 0.15) is 5.75 Å². The quantitative estimate of drug-likeness (QED) is 0.777. The highest BCUT2D eigenvalue weighted by Crippen LogP contribution is 2.43. The lowest BCUT2D eigenvalue weighted by atomic mass is 9.82. The normalized spacial score (nSPS) is 18.0. The number of nitrogens with zero attached hydrogens (tertiary/aromatic N) is 1. The van der Waals surface area contributed by atoms with E-state index in [-0.39, 0.29) is 0 Å². The van der Waals surface area contributed by atoms with E-state index >= 15 is 0 Å². The molecule has 0 N–H and O–H groups in total. The van der Waals surface area contributed by atoms with Crippen LogP contribution < -0.4 is 4.74 Å². The van der Waals surface area contributed by atoms with Crippen LogP contribution in [-0.2, 0) is 6.42 Å². The van der Waals surface area contributed by atoms with Gasteiger partial charge in [-0.15, -0.1) is 0 Å². The van der Waals surface area contributed by atoms with Gasteiger partial charge in [-0.1, -0.05) is 28.8 Å². The maximum atomic E-state index is 5.50. The minimum absolute atomic E-state index is 0.415. The van der Waals surface area contributed by atoms with Crippen molar-refractivity contribution >= 4 is 15.9 Å². The van der Waals surface area contributed by atoms with Crippen LogP contribution in [0.25, 0.3) is 0 Å². The molecule has 0 spiro atoms. The Morgan fingerprint density at radius 2 is 2.00 bits per heavy atom. The topological polar surface area (TPSA) is 22.1 Å². The summed E-state index contributed by atoms with van der Waals surface area (Å²) in [5.41, 5.74) is 3.96. The fraction of sp³-hybridized carbons (Fsp3) is 0.667. The van der Waals surface area contributed by atoms with Crippen LogP contribution in [0.3, 0.4) is 0 Å². The zero-order valence-corrected chi connectivity index (χ0v) is 13.1. The molecule has 3 heteroatoms. The molecule has 2 rings (SSSR count). The second-order valence-electron chi connectivity index (χ2n) is 5.56. The second-order valence-corrected chi connectivity index (χ2v) is 6.12. The number of methoxy groups -OCH3 is 1. The molecule has 0 bridgehead atoms. The molecule has 0 atom stereocenters. The molecule has 0 unspecified atom stereocenters. The third-order valence-electron chi connectivity index (χ3n) is 4.24. The van der Waals surface area contributed by atoms with Gasteiger partial charge in [-0.2, -0.15) is 0 Å². The van der Waals surface area contributed by atoms with E-state index in [1.165, 1.54) is 36.9 Å². The summed E-state index contributed by atoms with van der Waals surface area (Å²) in [5, 5.41) is 1.08. The number of pyridine rings is 1. The van der Waals surface area contributed by atoms with Crippen molar-refractivity contribution in [2.45, 2.75) is 46.0 Å². The summed E-state index contributed by atoms with van der Waals surface area (Å²) in [6.45, 7) is 4.18. The van der Waals surface area contributed by atoms with E-state index in [2.05, 4.69) is 34.8 Å². The van der Waals surface area contributed by atoms with Gasteiger partial charge in [0.15, 0.2) is 0 Å². The van der Waals surface area contributed by atoms with Gasteiger partial charge in [0.05, 0.1) is 7.11 Å². The molecular formula is C15H22BrNO. The predicted molar refractivity (Wildman–Crippen MR) is 78.7 cm³/mol. The van der Waals surface area contributed by atoms with Crippen LogP contribution in [0.2, 0.25) is 0 Å². The zero-order valence-electron chi connectivity index (χ0n) is 11.6. The third-order valence-corrected chi connectivity index (χ3v) is 5.43. The third kappa shape index (κ3) is 2.56. The molecule has 2 nitrogen and oxygen atoms in total. The standard InChI is InChI=1S/C15H22BrNO/c1-11-9-17-13(12(2)14(11)18-3)8-15(10-16)6-4-5-7-15/h9H,4-8,10H2,1-3H3. The van der Waals surface area contributed by atoms with Crippen molar-refractivity contribution in [3.05, 3.63) is 23.0 Å². The largest absolute Gasteiger partial charge is 0.496 e. The number of rotatable bonds is 4. The minimum Gasteiger partial charge on any atom is -0.496 e. The van der Waals surface area contributed by atoms with E-state index in [4.69, 9.17) is 4.74 Å². The molecule has 1 heterocycles. The minimum atomic E-state index is 0.415. The molecule has 0 radical (unpaired) electrons. The average molecular weight is 312 g/mol. The molecule has 1 fully saturated rings. The number of aromatic nitrogens is 1. The van der Waals surface area contributed by atoms with Crippen molar-refractivity contribution in [3.8, 4) is 5.75 Å². The zero-order chi connectivity index (χ0) is 13.2. The summed E-state index contributed by atoms with van der Waals surface area (Å²) in [6.07, 6.45) is 8.35. The maximum Gasteiger partial charge on any atom is 0.128 e. The van der Waals surface area contributed by atoms with Crippen molar-refractivity contribution in [1.82, 2.24) is 4.98 Å². The highest BCUT2D eigenvalue weighted by atomic mass is 79.9. The van der Waals surface area contributed by atoms with Gasteiger partial charge in [-0.3, -0.25) is 4.98 Å². The Hall–Kier alpha value is -0.570. The summed E-state index contributed by atoms with van der Waals surface area (Å²) in [4.78, 5) is 4.64. The fourth-order valence-corrected chi connectivity index (χ4v) is 3.85. The monoisotopic (exact) mass is 311 g/mol. The van der Waals surface area contributed by atoms with Crippen molar-refractivity contribution in [3.63, 3.8) is 0 Å². The van der Waals surface area contributed by atoms with Crippen LogP contribution in [-0.4, -0.2) is 17.4 Å². The van der Waals surface area contributed by atoms with E-state index in [1.54, 1.807) is 7.11 Å². The maximum absolute atomic E-state index is 5.50. The number of hydrogen-bond donors (Lipinski definition) is 0. The van der Waals surface area contributed by atoms with E-state index in [1.807, 2.05) is 6.20 Å². The van der Waals surface area contributed by atoms with E-state index in [9.17, 15) is 0 Å². The average Bonchev–Trinajstić information content (AvgIpc) is 2.83. The molecule has 0 amide bonds. The summed E-state index contributed by atoms with van der Waals surface area (Å²) >= 11 is 3.71. The smallest absolute Gasteiger partial charge is 0.128 e. The number of ether oxygens (including phenoxy) is 1. The van der Waals surface area contributed by atoms with Crippen molar-refractivity contribution < 1.29 is 4.74 Å². The Morgan fingerprint density at radius 1 is 1.33 bits per heavy atom. The van der Waals surface area contributed by atoms with Gasteiger partial charge in [0.2, 0.25) is 0 Å². The Morgan fingerprint density at radius 3 is 2.56 bits per heavy atom. The van der Waals surface area contributed by atoms with Crippen LogP contribution in [0.5, 0.6) is 5.75 Å². The lowest BCUT2D eigenvalue weighted by Gasteiger charge is -2.27. The second kappa shape index (κ2) is 5.60. The highest BCUT2D eigenvalue weighted by molar-refractivity contribution is 9.09. The van der Waals surface area contributed by atoms with E-state index in [0.717, 1.165) is 23.1 Å². The number of alkyl halides is 1. The first kappa shape index (κ1) is 13.9. The van der Waals surface area contributed by atoms with Crippen molar-refractivity contribution in [1.29, 1.82) is 0 Å². The van der Waals surface area contributed by atoms with Crippen LogP contribution in [0.15, 0.2) is 6.20 Å². The molecule has 1 aliphatic rings.